The van der Waals surface area contributed by atoms with Crippen LogP contribution in [0.15, 0.2) is 0 Å². The standard InChI is InChI=1S/C15H24O4/c1-6-14(3,4)13(17)18-12-9(2)7-10-8-11(16)19-15(10,12)5/h9-10,12H,6-8H2,1-5H3. The third-order valence-electron chi connectivity index (χ3n) is 4.97. The van der Waals surface area contributed by atoms with Crippen molar-refractivity contribution in [2.45, 2.75) is 65.6 Å². The fourth-order valence-electron chi connectivity index (χ4n) is 3.17. The van der Waals surface area contributed by atoms with Crippen molar-refractivity contribution in [2.75, 3.05) is 0 Å². The van der Waals surface area contributed by atoms with Gasteiger partial charge in [-0.25, -0.2) is 0 Å². The third-order valence-corrected chi connectivity index (χ3v) is 4.97. The zero-order valence-corrected chi connectivity index (χ0v) is 12.5. The van der Waals surface area contributed by atoms with Gasteiger partial charge in [0.15, 0.2) is 0 Å². The molecule has 2 rings (SSSR count). The monoisotopic (exact) mass is 268 g/mol. The van der Waals surface area contributed by atoms with Gasteiger partial charge in [0.25, 0.3) is 0 Å². The van der Waals surface area contributed by atoms with E-state index in [2.05, 4.69) is 6.92 Å². The van der Waals surface area contributed by atoms with Crippen LogP contribution in [0.2, 0.25) is 0 Å². The van der Waals surface area contributed by atoms with Gasteiger partial charge in [0.1, 0.15) is 11.7 Å². The molecule has 4 heteroatoms. The number of esters is 2. The van der Waals surface area contributed by atoms with Crippen LogP contribution < -0.4 is 0 Å². The summed E-state index contributed by atoms with van der Waals surface area (Å²) < 4.78 is 11.2. The largest absolute Gasteiger partial charge is 0.457 e. The van der Waals surface area contributed by atoms with E-state index in [9.17, 15) is 9.59 Å². The first-order chi connectivity index (χ1) is 8.70. The van der Waals surface area contributed by atoms with Crippen LogP contribution in [-0.4, -0.2) is 23.6 Å². The first-order valence-electron chi connectivity index (χ1n) is 7.13. The van der Waals surface area contributed by atoms with Gasteiger partial charge in [0.2, 0.25) is 0 Å². The molecule has 0 radical (unpaired) electrons. The molecule has 2 fully saturated rings. The Morgan fingerprint density at radius 2 is 2.16 bits per heavy atom. The lowest BCUT2D eigenvalue weighted by Crippen LogP contribution is -2.45. The summed E-state index contributed by atoms with van der Waals surface area (Å²) in [5.74, 6) is 0.0455. The molecule has 0 aromatic rings. The van der Waals surface area contributed by atoms with Crippen LogP contribution >= 0.6 is 0 Å². The van der Waals surface area contributed by atoms with Gasteiger partial charge >= 0.3 is 11.9 Å². The van der Waals surface area contributed by atoms with Crippen LogP contribution in [0.25, 0.3) is 0 Å². The second-order valence-corrected chi connectivity index (χ2v) is 6.84. The molecule has 1 aliphatic carbocycles. The Morgan fingerprint density at radius 3 is 2.74 bits per heavy atom. The van der Waals surface area contributed by atoms with Gasteiger partial charge in [-0.15, -0.1) is 0 Å². The molecule has 4 nitrogen and oxygen atoms in total. The van der Waals surface area contributed by atoms with E-state index < -0.39 is 11.0 Å². The highest BCUT2D eigenvalue weighted by molar-refractivity contribution is 5.77. The van der Waals surface area contributed by atoms with E-state index in [0.717, 1.165) is 12.8 Å². The van der Waals surface area contributed by atoms with E-state index in [0.29, 0.717) is 6.42 Å². The van der Waals surface area contributed by atoms with Crippen LogP contribution in [0.1, 0.15) is 53.9 Å². The molecule has 2 aliphatic rings. The number of rotatable bonds is 3. The number of hydrogen-bond acceptors (Lipinski definition) is 4. The van der Waals surface area contributed by atoms with Crippen LogP contribution in [0, 0.1) is 17.3 Å². The normalized spacial score (nSPS) is 37.9. The van der Waals surface area contributed by atoms with Gasteiger partial charge < -0.3 is 9.47 Å². The first-order valence-corrected chi connectivity index (χ1v) is 7.13. The lowest BCUT2D eigenvalue weighted by Gasteiger charge is -2.33. The average molecular weight is 268 g/mol. The molecule has 19 heavy (non-hydrogen) atoms. The summed E-state index contributed by atoms with van der Waals surface area (Å²) in [5, 5.41) is 0. The second-order valence-electron chi connectivity index (χ2n) is 6.84. The molecule has 0 bridgehead atoms. The summed E-state index contributed by atoms with van der Waals surface area (Å²) >= 11 is 0. The van der Waals surface area contributed by atoms with Crippen molar-refractivity contribution in [3.63, 3.8) is 0 Å². The van der Waals surface area contributed by atoms with Crippen molar-refractivity contribution in [3.8, 4) is 0 Å². The number of carbonyl (C=O) groups excluding carboxylic acids is 2. The number of hydrogen-bond donors (Lipinski definition) is 0. The van der Waals surface area contributed by atoms with Crippen molar-refractivity contribution in [1.82, 2.24) is 0 Å². The first kappa shape index (κ1) is 14.4. The molecular formula is C15H24O4. The maximum Gasteiger partial charge on any atom is 0.311 e. The fourth-order valence-corrected chi connectivity index (χ4v) is 3.17. The molecule has 1 saturated heterocycles. The van der Waals surface area contributed by atoms with Crippen molar-refractivity contribution >= 4 is 11.9 Å². The van der Waals surface area contributed by atoms with Crippen molar-refractivity contribution in [1.29, 1.82) is 0 Å². The molecule has 0 aromatic carbocycles. The number of fused-ring (bicyclic) bond motifs is 1. The number of carbonyl (C=O) groups is 2. The number of ether oxygens (including phenoxy) is 2. The summed E-state index contributed by atoms with van der Waals surface area (Å²) in [4.78, 5) is 23.7. The van der Waals surface area contributed by atoms with Crippen LogP contribution in [-0.2, 0) is 19.1 Å². The molecule has 4 unspecified atom stereocenters. The molecule has 0 N–H and O–H groups in total. The Morgan fingerprint density at radius 1 is 1.53 bits per heavy atom. The third kappa shape index (κ3) is 2.26. The van der Waals surface area contributed by atoms with Crippen LogP contribution in [0.5, 0.6) is 0 Å². The minimum atomic E-state index is -0.629. The summed E-state index contributed by atoms with van der Waals surface area (Å²) in [7, 11) is 0. The smallest absolute Gasteiger partial charge is 0.311 e. The van der Waals surface area contributed by atoms with E-state index in [1.165, 1.54) is 0 Å². The van der Waals surface area contributed by atoms with E-state index in [1.54, 1.807) is 0 Å². The Bertz CT molecular complexity index is 401. The second kappa shape index (κ2) is 4.50. The molecule has 1 saturated carbocycles. The highest BCUT2D eigenvalue weighted by atomic mass is 16.6. The zero-order valence-electron chi connectivity index (χ0n) is 12.5. The van der Waals surface area contributed by atoms with Gasteiger partial charge in [0.05, 0.1) is 11.8 Å². The van der Waals surface area contributed by atoms with E-state index in [4.69, 9.17) is 9.47 Å². The van der Waals surface area contributed by atoms with Crippen LogP contribution in [0.4, 0.5) is 0 Å². The summed E-state index contributed by atoms with van der Waals surface area (Å²) in [6.07, 6.45) is 1.74. The molecular weight excluding hydrogens is 244 g/mol. The average Bonchev–Trinajstić information content (AvgIpc) is 2.71. The SMILES string of the molecule is CCC(C)(C)C(=O)OC1C(C)CC2CC(=O)OC21C. The lowest BCUT2D eigenvalue weighted by molar-refractivity contribution is -0.182. The maximum atomic E-state index is 12.2. The molecule has 1 heterocycles. The van der Waals surface area contributed by atoms with Crippen molar-refractivity contribution in [2.24, 2.45) is 17.3 Å². The minimum absolute atomic E-state index is 0.171. The Kier molecular flexibility index (Phi) is 3.40. The molecule has 0 aromatic heterocycles. The minimum Gasteiger partial charge on any atom is -0.457 e. The quantitative estimate of drug-likeness (QED) is 0.738. The topological polar surface area (TPSA) is 52.6 Å². The van der Waals surface area contributed by atoms with Gasteiger partial charge in [-0.1, -0.05) is 13.8 Å². The lowest BCUT2D eigenvalue weighted by atomic mass is 9.89. The summed E-state index contributed by atoms with van der Waals surface area (Å²) in [6, 6.07) is 0. The van der Waals surface area contributed by atoms with Crippen LogP contribution in [0.3, 0.4) is 0 Å². The predicted molar refractivity (Wildman–Crippen MR) is 70.3 cm³/mol. The Hall–Kier alpha value is -1.06. The highest BCUT2D eigenvalue weighted by Gasteiger charge is 2.60. The summed E-state index contributed by atoms with van der Waals surface area (Å²) in [6.45, 7) is 9.71. The van der Waals surface area contributed by atoms with Gasteiger partial charge in [0, 0.05) is 5.92 Å². The van der Waals surface area contributed by atoms with Crippen molar-refractivity contribution in [3.05, 3.63) is 0 Å². The molecule has 0 spiro atoms. The Balaban J connectivity index is 2.15. The van der Waals surface area contributed by atoms with Gasteiger partial charge in [-0.05, 0) is 39.5 Å². The van der Waals surface area contributed by atoms with Crippen molar-refractivity contribution < 1.29 is 19.1 Å². The molecule has 4 atom stereocenters. The maximum absolute atomic E-state index is 12.2. The van der Waals surface area contributed by atoms with E-state index in [-0.39, 0.29) is 29.9 Å². The van der Waals surface area contributed by atoms with Gasteiger partial charge in [-0.3, -0.25) is 9.59 Å². The molecule has 1 aliphatic heterocycles. The Labute approximate surface area is 114 Å². The molecule has 0 amide bonds. The molecule has 108 valence electrons. The zero-order chi connectivity index (χ0) is 14.4. The highest BCUT2D eigenvalue weighted by Crippen LogP contribution is 2.50. The van der Waals surface area contributed by atoms with E-state index >= 15 is 0 Å². The van der Waals surface area contributed by atoms with E-state index in [1.807, 2.05) is 27.7 Å². The van der Waals surface area contributed by atoms with Gasteiger partial charge in [-0.2, -0.15) is 0 Å². The fraction of sp³-hybridized carbons (Fsp3) is 0.867. The summed E-state index contributed by atoms with van der Waals surface area (Å²) in [5.41, 5.74) is -1.12. The predicted octanol–water partition coefficient (Wildman–Crippen LogP) is 2.70.